The predicted octanol–water partition coefficient (Wildman–Crippen LogP) is 3.75. The molecule has 2 heterocycles. The number of nitrogens with zero attached hydrogens (tertiary/aromatic N) is 3. The zero-order valence-corrected chi connectivity index (χ0v) is 19.3. The Bertz CT molecular complexity index is 1070. The highest BCUT2D eigenvalue weighted by Crippen LogP contribution is 2.33. The fraction of sp³-hybridized carbons (Fsp3) is 0.360. The Kier molecular flexibility index (Phi) is 7.26. The molecular weight excluding hydrogens is 420 g/mol. The molecule has 8 heteroatoms. The largest absolute Gasteiger partial charge is 0.497 e. The summed E-state index contributed by atoms with van der Waals surface area (Å²) in [7, 11) is 3.16. The van der Waals surface area contributed by atoms with E-state index in [2.05, 4.69) is 39.3 Å². The van der Waals surface area contributed by atoms with Crippen molar-refractivity contribution >= 4 is 11.6 Å². The number of ether oxygens (including phenoxy) is 2. The molecular formula is C25H30N4O4. The molecule has 1 aromatic heterocycles. The minimum absolute atomic E-state index is 0.188. The monoisotopic (exact) mass is 450 g/mol. The summed E-state index contributed by atoms with van der Waals surface area (Å²) in [6.45, 7) is 8.64. The minimum atomic E-state index is -0.338. The number of amides is 1. The van der Waals surface area contributed by atoms with Crippen LogP contribution in [0.2, 0.25) is 0 Å². The Labute approximate surface area is 194 Å². The normalized spacial score (nSPS) is 14.8. The van der Waals surface area contributed by atoms with Crippen molar-refractivity contribution in [3.05, 3.63) is 59.8 Å². The zero-order valence-electron chi connectivity index (χ0n) is 19.3. The van der Waals surface area contributed by atoms with Crippen LogP contribution in [0.1, 0.15) is 23.0 Å². The van der Waals surface area contributed by atoms with E-state index in [0.29, 0.717) is 28.5 Å². The topological polar surface area (TPSA) is 80.1 Å². The van der Waals surface area contributed by atoms with Gasteiger partial charge in [0, 0.05) is 44.5 Å². The van der Waals surface area contributed by atoms with Gasteiger partial charge in [-0.1, -0.05) is 24.2 Å². The number of hydrogen-bond donors (Lipinski definition) is 1. The number of benzene rings is 2. The van der Waals surface area contributed by atoms with Gasteiger partial charge in [-0.25, -0.2) is 0 Å². The van der Waals surface area contributed by atoms with Crippen LogP contribution >= 0.6 is 0 Å². The van der Waals surface area contributed by atoms with Crippen molar-refractivity contribution < 1.29 is 18.8 Å². The predicted molar refractivity (Wildman–Crippen MR) is 127 cm³/mol. The first-order chi connectivity index (χ1) is 16.1. The van der Waals surface area contributed by atoms with Crippen LogP contribution in [0.4, 0.5) is 5.69 Å². The second kappa shape index (κ2) is 10.5. The van der Waals surface area contributed by atoms with Crippen LogP contribution in [0, 0.1) is 0 Å². The molecule has 0 bridgehead atoms. The number of hydrogen-bond acceptors (Lipinski definition) is 7. The van der Waals surface area contributed by atoms with E-state index in [1.807, 2.05) is 12.1 Å². The van der Waals surface area contributed by atoms with Crippen LogP contribution in [0.5, 0.6) is 11.5 Å². The van der Waals surface area contributed by atoms with Gasteiger partial charge in [-0.15, -0.1) is 0 Å². The van der Waals surface area contributed by atoms with Gasteiger partial charge in [0.2, 0.25) is 0 Å². The minimum Gasteiger partial charge on any atom is -0.497 e. The van der Waals surface area contributed by atoms with E-state index >= 15 is 0 Å². The van der Waals surface area contributed by atoms with Crippen molar-refractivity contribution in [2.45, 2.75) is 13.5 Å². The fourth-order valence-corrected chi connectivity index (χ4v) is 3.93. The molecule has 33 heavy (non-hydrogen) atoms. The Morgan fingerprint density at radius 1 is 1.00 bits per heavy atom. The molecule has 0 aliphatic carbocycles. The quantitative estimate of drug-likeness (QED) is 0.560. The highest BCUT2D eigenvalue weighted by atomic mass is 16.5. The van der Waals surface area contributed by atoms with Crippen molar-refractivity contribution in [3.8, 4) is 22.8 Å². The zero-order chi connectivity index (χ0) is 23.2. The van der Waals surface area contributed by atoms with Gasteiger partial charge < -0.3 is 24.2 Å². The number of anilines is 1. The van der Waals surface area contributed by atoms with Crippen LogP contribution < -0.4 is 14.8 Å². The second-order valence-corrected chi connectivity index (χ2v) is 8.00. The van der Waals surface area contributed by atoms with Gasteiger partial charge in [0.25, 0.3) is 5.91 Å². The molecule has 0 atom stereocenters. The van der Waals surface area contributed by atoms with Gasteiger partial charge in [0.15, 0.2) is 11.5 Å². The molecule has 2 aromatic carbocycles. The van der Waals surface area contributed by atoms with Gasteiger partial charge >= 0.3 is 0 Å². The SMILES string of the molecule is CCN1CCN(Cc2ccc(NC(=O)c3cc(-c4cc(OC)ccc4OC)on3)cc2)CC1. The Morgan fingerprint density at radius 3 is 2.39 bits per heavy atom. The highest BCUT2D eigenvalue weighted by molar-refractivity contribution is 6.03. The van der Waals surface area contributed by atoms with E-state index in [9.17, 15) is 4.79 Å². The molecule has 1 saturated heterocycles. The summed E-state index contributed by atoms with van der Waals surface area (Å²) in [5, 5.41) is 6.81. The van der Waals surface area contributed by atoms with E-state index < -0.39 is 0 Å². The van der Waals surface area contributed by atoms with E-state index in [4.69, 9.17) is 14.0 Å². The molecule has 0 spiro atoms. The summed E-state index contributed by atoms with van der Waals surface area (Å²) in [6, 6.07) is 14.9. The molecule has 1 aliphatic heterocycles. The average molecular weight is 451 g/mol. The molecule has 0 unspecified atom stereocenters. The molecule has 0 saturated carbocycles. The number of carbonyl (C=O) groups excluding carboxylic acids is 1. The lowest BCUT2D eigenvalue weighted by atomic mass is 10.1. The second-order valence-electron chi connectivity index (χ2n) is 8.00. The highest BCUT2D eigenvalue weighted by Gasteiger charge is 2.18. The van der Waals surface area contributed by atoms with Crippen LogP contribution in [0.3, 0.4) is 0 Å². The summed E-state index contributed by atoms with van der Waals surface area (Å²) in [5.41, 5.74) is 2.79. The van der Waals surface area contributed by atoms with Gasteiger partial charge in [0.05, 0.1) is 19.8 Å². The van der Waals surface area contributed by atoms with Crippen LogP contribution in [0.25, 0.3) is 11.3 Å². The molecule has 3 aromatic rings. The molecule has 1 aliphatic rings. The Hall–Kier alpha value is -3.36. The molecule has 0 radical (unpaired) electrons. The standard InChI is InChI=1S/C25H30N4O4/c1-4-28-11-13-29(14-12-28)17-18-5-7-19(8-6-18)26-25(30)22-16-24(33-27-22)21-15-20(31-2)9-10-23(21)32-3/h5-10,15-16H,4,11-14,17H2,1-3H3,(H,26,30). The van der Waals surface area contributed by atoms with Crippen LogP contribution in [-0.2, 0) is 6.54 Å². The third-order valence-electron chi connectivity index (χ3n) is 5.95. The van der Waals surface area contributed by atoms with Gasteiger partial charge in [-0.3, -0.25) is 9.69 Å². The number of likely N-dealkylation sites (N-methyl/N-ethyl adjacent to an activating group) is 1. The van der Waals surface area contributed by atoms with Crippen molar-refractivity contribution in [1.82, 2.24) is 15.0 Å². The average Bonchev–Trinajstić information content (AvgIpc) is 3.36. The number of carbonyl (C=O) groups is 1. The third kappa shape index (κ3) is 5.53. The van der Waals surface area contributed by atoms with E-state index in [1.54, 1.807) is 38.5 Å². The lowest BCUT2D eigenvalue weighted by Gasteiger charge is -2.34. The number of rotatable bonds is 8. The smallest absolute Gasteiger partial charge is 0.277 e. The maximum absolute atomic E-state index is 12.7. The lowest BCUT2D eigenvalue weighted by Crippen LogP contribution is -2.45. The Balaban J connectivity index is 1.38. The molecule has 4 rings (SSSR count). The maximum Gasteiger partial charge on any atom is 0.277 e. The number of piperazine rings is 1. The van der Waals surface area contributed by atoms with Crippen molar-refractivity contribution in [3.63, 3.8) is 0 Å². The van der Waals surface area contributed by atoms with E-state index in [0.717, 1.165) is 39.3 Å². The lowest BCUT2D eigenvalue weighted by molar-refractivity contribution is 0.101. The van der Waals surface area contributed by atoms with Crippen LogP contribution in [-0.4, -0.2) is 67.8 Å². The summed E-state index contributed by atoms with van der Waals surface area (Å²) in [5.74, 6) is 1.34. The third-order valence-corrected chi connectivity index (χ3v) is 5.95. The summed E-state index contributed by atoms with van der Waals surface area (Å²) in [4.78, 5) is 17.6. The summed E-state index contributed by atoms with van der Waals surface area (Å²) >= 11 is 0. The van der Waals surface area contributed by atoms with Gasteiger partial charge in [-0.05, 0) is 42.4 Å². The van der Waals surface area contributed by atoms with Gasteiger partial charge in [-0.2, -0.15) is 0 Å². The molecule has 1 fully saturated rings. The fourth-order valence-electron chi connectivity index (χ4n) is 3.93. The van der Waals surface area contributed by atoms with Crippen molar-refractivity contribution in [1.29, 1.82) is 0 Å². The maximum atomic E-state index is 12.7. The van der Waals surface area contributed by atoms with Crippen molar-refractivity contribution in [2.75, 3.05) is 52.3 Å². The van der Waals surface area contributed by atoms with Crippen LogP contribution in [0.15, 0.2) is 53.1 Å². The first-order valence-corrected chi connectivity index (χ1v) is 11.1. The first kappa shape index (κ1) is 22.8. The van der Waals surface area contributed by atoms with E-state index in [-0.39, 0.29) is 11.6 Å². The van der Waals surface area contributed by atoms with Gasteiger partial charge in [0.1, 0.15) is 11.5 Å². The first-order valence-electron chi connectivity index (χ1n) is 11.1. The number of nitrogens with one attached hydrogen (secondary N) is 1. The van der Waals surface area contributed by atoms with Crippen molar-refractivity contribution in [2.24, 2.45) is 0 Å². The summed E-state index contributed by atoms with van der Waals surface area (Å²) < 4.78 is 16.1. The molecule has 174 valence electrons. The number of aromatic nitrogens is 1. The number of methoxy groups -OCH3 is 2. The Morgan fingerprint density at radius 2 is 1.73 bits per heavy atom. The molecule has 1 amide bonds. The molecule has 8 nitrogen and oxygen atoms in total. The summed E-state index contributed by atoms with van der Waals surface area (Å²) in [6.07, 6.45) is 0. The van der Waals surface area contributed by atoms with E-state index in [1.165, 1.54) is 5.56 Å². The molecule has 1 N–H and O–H groups in total.